The summed E-state index contributed by atoms with van der Waals surface area (Å²) in [6, 6.07) is 16.0. The summed E-state index contributed by atoms with van der Waals surface area (Å²) in [5, 5.41) is 25.2. The molecule has 4 amide bonds. The second-order valence-corrected chi connectivity index (χ2v) is 19.9. The molecule has 0 radical (unpaired) electrons. The van der Waals surface area contributed by atoms with Crippen molar-refractivity contribution in [2.75, 3.05) is 18.4 Å². The zero-order valence-corrected chi connectivity index (χ0v) is 39.1. The maximum absolute atomic E-state index is 14.7. The van der Waals surface area contributed by atoms with E-state index in [1.807, 2.05) is 75.5 Å². The first kappa shape index (κ1) is 47.5. The highest BCUT2D eigenvalue weighted by Crippen LogP contribution is 2.41. The Hall–Kier alpha value is -5.49. The molecule has 3 atom stereocenters. The summed E-state index contributed by atoms with van der Waals surface area (Å²) < 4.78 is 20.8. The number of nitrogens with zero attached hydrogens (tertiary/aromatic N) is 4. The van der Waals surface area contributed by atoms with Crippen LogP contribution < -0.4 is 26.0 Å². The highest BCUT2D eigenvalue weighted by molar-refractivity contribution is 7.13. The molecule has 2 aliphatic rings. The van der Waals surface area contributed by atoms with Gasteiger partial charge >= 0.3 is 0 Å². The number of β-amino-alcohol motifs (C(OH)–C–C–N with tert-alkyl or cyclic N) is 1. The van der Waals surface area contributed by atoms with Crippen LogP contribution in [0.15, 0.2) is 77.8 Å². The van der Waals surface area contributed by atoms with E-state index < -0.39 is 52.6 Å². The Morgan fingerprint density at radius 2 is 1.77 bits per heavy atom. The Morgan fingerprint density at radius 3 is 2.46 bits per heavy atom. The summed E-state index contributed by atoms with van der Waals surface area (Å²) in [5.74, 6) is -1.60. The minimum absolute atomic E-state index is 0.0115. The molecule has 18 heteroatoms. The predicted octanol–water partition coefficient (Wildman–Crippen LogP) is 7.37. The van der Waals surface area contributed by atoms with Gasteiger partial charge < -0.3 is 36.0 Å². The van der Waals surface area contributed by atoms with Crippen LogP contribution in [-0.4, -0.2) is 86.0 Å². The number of aryl methyl sites for hydroxylation is 1. The lowest BCUT2D eigenvalue weighted by molar-refractivity contribution is -0.144. The first-order valence-corrected chi connectivity index (χ1v) is 23.8. The fourth-order valence-electron chi connectivity index (χ4n) is 8.38. The van der Waals surface area contributed by atoms with Crippen LogP contribution in [0, 0.1) is 23.6 Å². The van der Waals surface area contributed by atoms with Crippen molar-refractivity contribution in [1.29, 1.82) is 0 Å². The van der Waals surface area contributed by atoms with Gasteiger partial charge in [0.1, 0.15) is 17.9 Å². The molecule has 65 heavy (non-hydrogen) atoms. The second-order valence-electron chi connectivity index (χ2n) is 17.8. The zero-order chi connectivity index (χ0) is 46.3. The molecule has 1 aliphatic heterocycles. The SMILES string of the molecule is Cc1ncsc1-c1ccc(CNC(=O)[C@@H]2C[C@@H](O)CN2C(=O)C(NC(=O)CCNC(=O)C2(Cc3cccc(Nc4nccs4)n3)CCC(Oc3cccc(Cl)c3F)CC2)C(C)(C)C)cc1. The normalized spacial score (nSPS) is 20.2. The molecule has 344 valence electrons. The molecule has 1 saturated heterocycles. The quantitative estimate of drug-likeness (QED) is 0.0669. The molecule has 0 bridgehead atoms. The average molecular weight is 946 g/mol. The Morgan fingerprint density at radius 1 is 1.02 bits per heavy atom. The van der Waals surface area contributed by atoms with E-state index in [2.05, 4.69) is 31.2 Å². The largest absolute Gasteiger partial charge is 0.487 e. The van der Waals surface area contributed by atoms with Crippen LogP contribution in [0.2, 0.25) is 5.02 Å². The molecule has 2 aromatic carbocycles. The van der Waals surface area contributed by atoms with E-state index in [9.17, 15) is 28.7 Å². The van der Waals surface area contributed by atoms with Gasteiger partial charge in [-0.2, -0.15) is 0 Å². The molecule has 5 N–H and O–H groups in total. The van der Waals surface area contributed by atoms with Crippen LogP contribution in [0.3, 0.4) is 0 Å². The third-order valence-electron chi connectivity index (χ3n) is 11.9. The Kier molecular flexibility index (Phi) is 15.2. The minimum atomic E-state index is -1.03. The molecule has 14 nitrogen and oxygen atoms in total. The second kappa shape index (κ2) is 20.8. The third-order valence-corrected chi connectivity index (χ3v) is 13.9. The lowest BCUT2D eigenvalue weighted by Gasteiger charge is -2.39. The van der Waals surface area contributed by atoms with Crippen molar-refractivity contribution in [2.45, 2.75) is 103 Å². The number of carbonyl (C=O) groups excluding carboxylic acids is 4. The molecule has 5 aromatic rings. The van der Waals surface area contributed by atoms with Gasteiger partial charge in [-0.25, -0.2) is 19.3 Å². The van der Waals surface area contributed by atoms with E-state index in [4.69, 9.17) is 21.3 Å². The number of aliphatic hydroxyl groups is 1. The molecule has 0 spiro atoms. The number of benzene rings is 2. The van der Waals surface area contributed by atoms with Crippen molar-refractivity contribution in [3.8, 4) is 16.2 Å². The highest BCUT2D eigenvalue weighted by atomic mass is 35.5. The minimum Gasteiger partial charge on any atom is -0.487 e. The molecule has 2 fully saturated rings. The van der Waals surface area contributed by atoms with Gasteiger partial charge in [0.15, 0.2) is 16.7 Å². The Labute approximate surface area is 390 Å². The van der Waals surface area contributed by atoms with Gasteiger partial charge in [-0.05, 0) is 73.4 Å². The number of pyridine rings is 1. The smallest absolute Gasteiger partial charge is 0.246 e. The van der Waals surface area contributed by atoms with Gasteiger partial charge in [-0.15, -0.1) is 22.7 Å². The predicted molar refractivity (Wildman–Crippen MR) is 249 cm³/mol. The van der Waals surface area contributed by atoms with Crippen molar-refractivity contribution in [1.82, 2.24) is 35.8 Å². The van der Waals surface area contributed by atoms with Gasteiger partial charge in [-0.1, -0.05) is 68.8 Å². The molecule has 1 aliphatic carbocycles. The number of ether oxygens (including phenoxy) is 1. The maximum atomic E-state index is 14.7. The van der Waals surface area contributed by atoms with Crippen molar-refractivity contribution in [2.24, 2.45) is 10.8 Å². The number of anilines is 2. The number of aliphatic hydroxyl groups excluding tert-OH is 1. The topological polar surface area (TPSA) is 188 Å². The summed E-state index contributed by atoms with van der Waals surface area (Å²) in [7, 11) is 0. The average Bonchev–Trinajstić information content (AvgIpc) is 4.06. The Balaban J connectivity index is 0.970. The van der Waals surface area contributed by atoms with Crippen LogP contribution in [0.5, 0.6) is 5.75 Å². The van der Waals surface area contributed by atoms with Crippen LogP contribution in [0.4, 0.5) is 15.3 Å². The zero-order valence-electron chi connectivity index (χ0n) is 36.7. The number of thiazole rings is 2. The van der Waals surface area contributed by atoms with Gasteiger partial charge in [-0.3, -0.25) is 19.2 Å². The lowest BCUT2D eigenvalue weighted by Crippen LogP contribution is -2.58. The lowest BCUT2D eigenvalue weighted by atomic mass is 9.69. The molecule has 4 heterocycles. The summed E-state index contributed by atoms with van der Waals surface area (Å²) in [6.45, 7) is 7.57. The van der Waals surface area contributed by atoms with E-state index in [0.717, 1.165) is 21.7 Å². The van der Waals surface area contributed by atoms with Crippen LogP contribution in [0.1, 0.15) is 76.2 Å². The van der Waals surface area contributed by atoms with Gasteiger partial charge in [0.2, 0.25) is 23.6 Å². The summed E-state index contributed by atoms with van der Waals surface area (Å²) in [5.41, 5.74) is 3.66. The van der Waals surface area contributed by atoms with Crippen LogP contribution in [-0.2, 0) is 32.1 Å². The fraction of sp³-hybridized carbons (Fsp3) is 0.426. The van der Waals surface area contributed by atoms with E-state index in [-0.39, 0.29) is 55.3 Å². The van der Waals surface area contributed by atoms with Crippen molar-refractivity contribution in [3.63, 3.8) is 0 Å². The van der Waals surface area contributed by atoms with Crippen molar-refractivity contribution in [3.05, 3.63) is 106 Å². The van der Waals surface area contributed by atoms with E-state index in [1.54, 1.807) is 29.1 Å². The van der Waals surface area contributed by atoms with Gasteiger partial charge in [0, 0.05) is 56.2 Å². The van der Waals surface area contributed by atoms with Crippen molar-refractivity contribution >= 4 is 68.9 Å². The number of nitrogens with one attached hydrogen (secondary N) is 4. The molecular weight excluding hydrogens is 891 g/mol. The number of hydrogen-bond donors (Lipinski definition) is 5. The van der Waals surface area contributed by atoms with Crippen LogP contribution >= 0.6 is 34.3 Å². The van der Waals surface area contributed by atoms with Gasteiger partial charge in [0.25, 0.3) is 0 Å². The van der Waals surface area contributed by atoms with Crippen molar-refractivity contribution < 1.29 is 33.4 Å². The van der Waals surface area contributed by atoms with Gasteiger partial charge in [0.05, 0.1) is 38.7 Å². The summed E-state index contributed by atoms with van der Waals surface area (Å²) in [4.78, 5) is 71.5. The first-order chi connectivity index (χ1) is 31.1. The number of likely N-dealkylation sites (tertiary alicyclic amines) is 1. The summed E-state index contributed by atoms with van der Waals surface area (Å²) >= 11 is 9.00. The standard InChI is InChI=1S/C47H54ClFN8O6S2/c1-28-40(65-27-53-28)30-13-11-29(12-14-30)25-52-42(60)35-23-32(58)26-57(35)43(61)41(46(2,3)4)56-38(59)17-20-50-44(62)47(24-31-7-5-10-37(54-31)55-45-51-21-22-64-45)18-15-33(16-19-47)63-36-9-6-8-34(48)39(36)49/h5-14,21-22,27,32-33,35,41,58H,15-20,23-26H2,1-4H3,(H,50,62)(H,52,60)(H,56,59)(H,51,54,55)/t32-,33?,35+,41?,47?/m1/s1. The van der Waals surface area contributed by atoms with E-state index in [0.29, 0.717) is 48.7 Å². The Bertz CT molecular complexity index is 2460. The van der Waals surface area contributed by atoms with E-state index in [1.165, 1.54) is 28.4 Å². The fourth-order valence-corrected chi connectivity index (χ4v) is 9.89. The van der Waals surface area contributed by atoms with E-state index >= 15 is 0 Å². The number of halogens is 2. The molecule has 7 rings (SSSR count). The summed E-state index contributed by atoms with van der Waals surface area (Å²) in [6.07, 6.45) is 2.38. The molecule has 3 aromatic heterocycles. The number of rotatable bonds is 16. The maximum Gasteiger partial charge on any atom is 0.246 e. The highest BCUT2D eigenvalue weighted by Gasteiger charge is 2.45. The molecule has 1 saturated carbocycles. The van der Waals surface area contributed by atoms with Crippen LogP contribution in [0.25, 0.3) is 10.4 Å². The third kappa shape index (κ3) is 11.9. The number of carbonyl (C=O) groups is 4. The molecular formula is C47H54ClFN8O6S2. The number of hydrogen-bond acceptors (Lipinski definition) is 12. The number of amides is 4. The monoisotopic (exact) mass is 944 g/mol. The molecule has 1 unspecified atom stereocenters. The number of aromatic nitrogens is 3. The first-order valence-electron chi connectivity index (χ1n) is 21.6.